The summed E-state index contributed by atoms with van der Waals surface area (Å²) in [4.78, 5) is 19.0. The second-order valence-electron chi connectivity index (χ2n) is 10.0. The van der Waals surface area contributed by atoms with Crippen molar-refractivity contribution in [3.63, 3.8) is 0 Å². The molecule has 0 bridgehead atoms. The van der Waals surface area contributed by atoms with Gasteiger partial charge >= 0.3 is 12.1 Å². The molecule has 0 unspecified atom stereocenters. The Balaban J connectivity index is 1.66. The van der Waals surface area contributed by atoms with Gasteiger partial charge in [0.1, 0.15) is 16.6 Å². The molecule has 2 aromatic heterocycles. The Labute approximate surface area is 226 Å². The molecule has 0 spiro atoms. The first kappa shape index (κ1) is 28.7. The molecule has 1 aliphatic rings. The predicted molar refractivity (Wildman–Crippen MR) is 136 cm³/mol. The predicted octanol–water partition coefficient (Wildman–Crippen LogP) is 6.55. The van der Waals surface area contributed by atoms with Crippen LogP contribution in [0.1, 0.15) is 67.2 Å². The van der Waals surface area contributed by atoms with Gasteiger partial charge in [-0.3, -0.25) is 4.72 Å². The summed E-state index contributed by atoms with van der Waals surface area (Å²) < 4.78 is 89.2. The van der Waals surface area contributed by atoms with E-state index in [1.165, 1.54) is 12.1 Å². The third-order valence-electron chi connectivity index (χ3n) is 6.70. The number of nitrogens with one attached hydrogen (secondary N) is 1. The highest BCUT2D eigenvalue weighted by Gasteiger charge is 2.38. The zero-order valence-electron chi connectivity index (χ0n) is 21.1. The van der Waals surface area contributed by atoms with Crippen LogP contribution >= 0.6 is 11.3 Å². The second-order valence-corrected chi connectivity index (χ2v) is 12.5. The highest BCUT2D eigenvalue weighted by molar-refractivity contribution is 7.92. The lowest BCUT2D eigenvalue weighted by Gasteiger charge is -2.34. The van der Waals surface area contributed by atoms with Crippen molar-refractivity contribution in [3.8, 4) is 16.3 Å². The number of halogens is 4. The summed E-state index contributed by atoms with van der Waals surface area (Å²) >= 11 is 0.678. The van der Waals surface area contributed by atoms with Crippen LogP contribution in [0.4, 0.5) is 23.2 Å². The highest BCUT2D eigenvalue weighted by Crippen LogP contribution is 2.44. The van der Waals surface area contributed by atoms with Crippen molar-refractivity contribution in [2.45, 2.75) is 56.7 Å². The number of ether oxygens (including phenoxy) is 1. The molecule has 4 rings (SSSR count). The van der Waals surface area contributed by atoms with Crippen LogP contribution in [0.5, 0.6) is 5.75 Å². The first-order valence-electron chi connectivity index (χ1n) is 11.8. The number of aromatic carboxylic acids is 1. The van der Waals surface area contributed by atoms with E-state index in [-0.39, 0.29) is 27.7 Å². The monoisotopic (exact) mass is 587 g/mol. The molecule has 0 saturated heterocycles. The zero-order chi connectivity index (χ0) is 28.8. The smallest absolute Gasteiger partial charge is 0.434 e. The Morgan fingerprint density at radius 2 is 1.85 bits per heavy atom. The van der Waals surface area contributed by atoms with E-state index < -0.39 is 50.0 Å². The Kier molecular flexibility index (Phi) is 7.65. The maximum atomic E-state index is 14.2. The van der Waals surface area contributed by atoms with Gasteiger partial charge in [0, 0.05) is 28.6 Å². The van der Waals surface area contributed by atoms with Crippen molar-refractivity contribution in [1.82, 2.24) is 9.97 Å². The first-order valence-corrected chi connectivity index (χ1v) is 14.2. The van der Waals surface area contributed by atoms with E-state index in [1.807, 2.05) is 0 Å². The molecule has 2 N–H and O–H groups in total. The van der Waals surface area contributed by atoms with Crippen LogP contribution in [0.2, 0.25) is 0 Å². The number of benzene rings is 1. The molecular weight excluding hydrogens is 562 g/mol. The Morgan fingerprint density at radius 1 is 1.18 bits per heavy atom. The van der Waals surface area contributed by atoms with Crippen LogP contribution in [0.15, 0.2) is 34.7 Å². The van der Waals surface area contributed by atoms with Crippen LogP contribution < -0.4 is 9.46 Å². The number of thiazole rings is 1. The molecule has 0 radical (unpaired) electrons. The zero-order valence-corrected chi connectivity index (χ0v) is 22.7. The molecule has 8 nitrogen and oxygen atoms in total. The van der Waals surface area contributed by atoms with Crippen LogP contribution in [-0.2, 0) is 16.2 Å². The van der Waals surface area contributed by atoms with Crippen LogP contribution in [0, 0.1) is 11.2 Å². The van der Waals surface area contributed by atoms with Crippen molar-refractivity contribution in [3.05, 3.63) is 52.4 Å². The summed E-state index contributed by atoms with van der Waals surface area (Å²) in [5.74, 6) is -3.19. The molecule has 39 heavy (non-hydrogen) atoms. The van der Waals surface area contributed by atoms with E-state index in [9.17, 15) is 30.8 Å². The fraction of sp³-hybridized carbons (Fsp3) is 0.400. The standard InChI is InChI=1S/C25H25F4N3O5S2/c1-24(2)8-6-13(7-9-24)17-5-4-14(21(30-17)25(27,28)29)22-31-20(12-38-22)39(35,36)32-18-11-16(26)15(23(33)34)10-19(18)37-3/h4-5,10-13,32H,6-9H2,1-3H3,(H,33,34). The third kappa shape index (κ3) is 6.16. The number of rotatable bonds is 7. The minimum atomic E-state index is -4.81. The van der Waals surface area contributed by atoms with E-state index in [1.54, 1.807) is 0 Å². The van der Waals surface area contributed by atoms with E-state index in [0.29, 0.717) is 23.1 Å². The number of carboxylic acid groups (broad SMARTS) is 1. The summed E-state index contributed by atoms with van der Waals surface area (Å²) in [6, 6.07) is 4.22. The Bertz CT molecular complexity index is 1510. The average molecular weight is 588 g/mol. The van der Waals surface area contributed by atoms with Gasteiger partial charge in [-0.15, -0.1) is 11.3 Å². The van der Waals surface area contributed by atoms with Crippen molar-refractivity contribution in [2.75, 3.05) is 11.8 Å². The quantitative estimate of drug-likeness (QED) is 0.301. The van der Waals surface area contributed by atoms with Crippen LogP contribution in [0.3, 0.4) is 0 Å². The molecule has 3 aromatic rings. The maximum absolute atomic E-state index is 14.2. The van der Waals surface area contributed by atoms with Gasteiger partial charge in [-0.2, -0.15) is 21.6 Å². The number of alkyl halides is 3. The molecule has 1 aliphatic carbocycles. The molecule has 0 aliphatic heterocycles. The fourth-order valence-corrected chi connectivity index (χ4v) is 6.64. The molecule has 0 atom stereocenters. The summed E-state index contributed by atoms with van der Waals surface area (Å²) in [7, 11) is -3.39. The van der Waals surface area contributed by atoms with Gasteiger partial charge in [0.25, 0.3) is 10.0 Å². The number of methoxy groups -OCH3 is 1. The van der Waals surface area contributed by atoms with Crippen LogP contribution in [-0.4, -0.2) is 36.6 Å². The van der Waals surface area contributed by atoms with E-state index >= 15 is 0 Å². The van der Waals surface area contributed by atoms with Crippen molar-refractivity contribution >= 4 is 33.0 Å². The molecular formula is C25H25F4N3O5S2. The maximum Gasteiger partial charge on any atom is 0.434 e. The molecule has 210 valence electrons. The van der Waals surface area contributed by atoms with Gasteiger partial charge < -0.3 is 9.84 Å². The minimum Gasteiger partial charge on any atom is -0.495 e. The van der Waals surface area contributed by atoms with E-state index in [2.05, 4.69) is 28.5 Å². The van der Waals surface area contributed by atoms with E-state index in [4.69, 9.17) is 9.84 Å². The largest absolute Gasteiger partial charge is 0.495 e. The third-order valence-corrected chi connectivity index (χ3v) is 8.97. The molecule has 0 amide bonds. The molecule has 2 heterocycles. The van der Waals surface area contributed by atoms with Gasteiger partial charge in [-0.25, -0.2) is 19.2 Å². The van der Waals surface area contributed by atoms with Crippen molar-refractivity contribution < 1.29 is 40.6 Å². The first-order chi connectivity index (χ1) is 18.1. The Hall–Kier alpha value is -3.26. The number of sulfonamides is 1. The normalized spacial score (nSPS) is 16.2. The van der Waals surface area contributed by atoms with Crippen LogP contribution in [0.25, 0.3) is 10.6 Å². The topological polar surface area (TPSA) is 118 Å². The van der Waals surface area contributed by atoms with Gasteiger partial charge in [-0.1, -0.05) is 13.8 Å². The van der Waals surface area contributed by atoms with E-state index in [0.717, 1.165) is 44.2 Å². The minimum absolute atomic E-state index is 0.104. The van der Waals surface area contributed by atoms with Gasteiger partial charge in [-0.05, 0) is 49.3 Å². The lowest BCUT2D eigenvalue weighted by atomic mass is 9.72. The van der Waals surface area contributed by atoms with Gasteiger partial charge in [0.2, 0.25) is 0 Å². The fourth-order valence-electron chi connectivity index (χ4n) is 4.45. The Morgan fingerprint density at radius 3 is 2.44 bits per heavy atom. The number of pyridine rings is 1. The second kappa shape index (κ2) is 10.4. The van der Waals surface area contributed by atoms with Gasteiger partial charge in [0.05, 0.1) is 18.4 Å². The lowest BCUT2D eigenvalue weighted by molar-refractivity contribution is -0.140. The SMILES string of the molecule is COc1cc(C(=O)O)c(F)cc1NS(=O)(=O)c1csc(-c2ccc(C3CCC(C)(C)CC3)nc2C(F)(F)F)n1. The average Bonchev–Trinajstić information content (AvgIpc) is 3.34. The molecule has 14 heteroatoms. The summed E-state index contributed by atoms with van der Waals surface area (Å²) in [6.45, 7) is 4.25. The number of carboxylic acids is 1. The number of carbonyl (C=O) groups is 1. The molecule has 1 saturated carbocycles. The lowest BCUT2D eigenvalue weighted by Crippen LogP contribution is -2.21. The molecule has 1 aromatic carbocycles. The summed E-state index contributed by atoms with van der Waals surface area (Å²) in [6.07, 6.45) is -1.62. The number of aromatic nitrogens is 2. The number of anilines is 1. The number of hydrogen-bond donors (Lipinski definition) is 2. The summed E-state index contributed by atoms with van der Waals surface area (Å²) in [5, 5.41) is 9.28. The summed E-state index contributed by atoms with van der Waals surface area (Å²) in [5.41, 5.74) is -2.18. The van der Waals surface area contributed by atoms with Gasteiger partial charge in [0.15, 0.2) is 10.7 Å². The number of hydrogen-bond acceptors (Lipinski definition) is 7. The van der Waals surface area contributed by atoms with Crippen molar-refractivity contribution in [2.24, 2.45) is 5.41 Å². The van der Waals surface area contributed by atoms with Crippen molar-refractivity contribution in [1.29, 1.82) is 0 Å². The molecule has 1 fully saturated rings. The highest BCUT2D eigenvalue weighted by atomic mass is 32.2. The number of nitrogens with zero attached hydrogens (tertiary/aromatic N) is 2.